The summed E-state index contributed by atoms with van der Waals surface area (Å²) in [6.07, 6.45) is 6.15. The second kappa shape index (κ2) is 12.8. The first-order valence-corrected chi connectivity index (χ1v) is 19.5. The van der Waals surface area contributed by atoms with Gasteiger partial charge in [-0.15, -0.1) is 0 Å². The van der Waals surface area contributed by atoms with E-state index in [0.717, 1.165) is 45.1 Å². The molecule has 3 nitrogen and oxygen atoms in total. The van der Waals surface area contributed by atoms with Gasteiger partial charge in [0.1, 0.15) is 11.2 Å². The summed E-state index contributed by atoms with van der Waals surface area (Å²) in [5.41, 5.74) is 17.3. The molecule has 1 saturated carbocycles. The predicted octanol–water partition coefficient (Wildman–Crippen LogP) is 13.9. The van der Waals surface area contributed by atoms with E-state index in [1.54, 1.807) is 0 Å². The third-order valence-electron chi connectivity index (χ3n) is 12.1. The van der Waals surface area contributed by atoms with Crippen LogP contribution in [-0.4, -0.2) is 9.97 Å². The molecule has 7 aromatic carbocycles. The number of rotatable bonds is 5. The summed E-state index contributed by atoms with van der Waals surface area (Å²) >= 11 is 0. The first-order chi connectivity index (χ1) is 27.2. The molecule has 1 spiro atoms. The molecule has 2 aliphatic carbocycles. The van der Waals surface area contributed by atoms with Crippen molar-refractivity contribution < 1.29 is 4.42 Å². The minimum Gasteiger partial charge on any atom is -0.456 e. The van der Waals surface area contributed by atoms with E-state index in [0.29, 0.717) is 0 Å². The number of benzene rings is 7. The number of para-hydroxylation sites is 1. The van der Waals surface area contributed by atoms with Crippen LogP contribution < -0.4 is 0 Å². The normalized spacial score (nSPS) is 14.3. The van der Waals surface area contributed by atoms with E-state index in [1.807, 2.05) is 12.1 Å². The maximum atomic E-state index is 6.40. The number of aromatic nitrogens is 2. The molecule has 9 aromatic rings. The topological polar surface area (TPSA) is 38.9 Å². The van der Waals surface area contributed by atoms with Crippen molar-refractivity contribution in [3.05, 3.63) is 181 Å². The summed E-state index contributed by atoms with van der Waals surface area (Å²) in [5.74, 6) is 0.717. The molecule has 55 heavy (non-hydrogen) atoms. The summed E-state index contributed by atoms with van der Waals surface area (Å²) in [6, 6.07) is 60.9. The van der Waals surface area contributed by atoms with E-state index < -0.39 is 0 Å². The molecular formula is C52H38N2O. The third kappa shape index (κ3) is 5.33. The van der Waals surface area contributed by atoms with E-state index in [1.165, 1.54) is 87.4 Å². The van der Waals surface area contributed by atoms with Crippen LogP contribution in [0.15, 0.2) is 174 Å². The Kier molecular flexibility index (Phi) is 7.41. The minimum absolute atomic E-state index is 0.0191. The zero-order valence-electron chi connectivity index (χ0n) is 30.5. The monoisotopic (exact) mass is 706 g/mol. The zero-order chi connectivity index (χ0) is 36.3. The van der Waals surface area contributed by atoms with Gasteiger partial charge in [-0.25, -0.2) is 9.97 Å². The molecule has 2 aliphatic rings. The van der Waals surface area contributed by atoms with Gasteiger partial charge in [-0.2, -0.15) is 0 Å². The summed E-state index contributed by atoms with van der Waals surface area (Å²) < 4.78 is 6.40. The van der Waals surface area contributed by atoms with Gasteiger partial charge in [-0.05, 0) is 93.7 Å². The van der Waals surface area contributed by atoms with Crippen LogP contribution in [0.25, 0.3) is 89.2 Å². The van der Waals surface area contributed by atoms with Gasteiger partial charge in [0, 0.05) is 32.9 Å². The lowest BCUT2D eigenvalue weighted by Crippen LogP contribution is -2.28. The highest BCUT2D eigenvalue weighted by Crippen LogP contribution is 2.57. The van der Waals surface area contributed by atoms with E-state index in [2.05, 4.69) is 158 Å². The Hall–Kier alpha value is -6.58. The first kappa shape index (κ1) is 31.9. The average Bonchev–Trinajstić information content (AvgIpc) is 3.75. The number of fused-ring (bicyclic) bond motifs is 8. The van der Waals surface area contributed by atoms with Crippen LogP contribution in [-0.2, 0) is 5.41 Å². The highest BCUT2D eigenvalue weighted by atomic mass is 16.3. The van der Waals surface area contributed by atoms with Crippen molar-refractivity contribution >= 4 is 21.9 Å². The van der Waals surface area contributed by atoms with Crippen LogP contribution in [0.5, 0.6) is 0 Å². The Bertz CT molecular complexity index is 2880. The predicted molar refractivity (Wildman–Crippen MR) is 226 cm³/mol. The quantitative estimate of drug-likeness (QED) is 0.179. The fourth-order valence-electron chi connectivity index (χ4n) is 9.37. The minimum atomic E-state index is 0.0191. The first-order valence-electron chi connectivity index (χ1n) is 19.5. The number of hydrogen-bond donors (Lipinski definition) is 0. The molecule has 0 unspecified atom stereocenters. The molecule has 0 radical (unpaired) electrons. The van der Waals surface area contributed by atoms with Crippen molar-refractivity contribution in [2.45, 2.75) is 37.5 Å². The lowest BCUT2D eigenvalue weighted by atomic mass is 9.67. The van der Waals surface area contributed by atoms with Gasteiger partial charge in [-0.1, -0.05) is 153 Å². The van der Waals surface area contributed by atoms with Crippen LogP contribution in [0.3, 0.4) is 0 Å². The molecule has 2 heterocycles. The molecule has 262 valence electrons. The van der Waals surface area contributed by atoms with Crippen molar-refractivity contribution in [2.24, 2.45) is 0 Å². The second-order valence-corrected chi connectivity index (χ2v) is 15.2. The van der Waals surface area contributed by atoms with Gasteiger partial charge in [0.05, 0.1) is 11.4 Å². The molecule has 1 fully saturated rings. The van der Waals surface area contributed by atoms with Crippen molar-refractivity contribution in [1.29, 1.82) is 0 Å². The lowest BCUT2D eigenvalue weighted by Gasteiger charge is -2.36. The Morgan fingerprint density at radius 1 is 0.382 bits per heavy atom. The number of nitrogens with zero attached hydrogens (tertiary/aromatic N) is 2. The van der Waals surface area contributed by atoms with Crippen LogP contribution in [0, 0.1) is 0 Å². The molecule has 0 atom stereocenters. The van der Waals surface area contributed by atoms with Crippen LogP contribution in [0.4, 0.5) is 0 Å². The van der Waals surface area contributed by atoms with Crippen molar-refractivity contribution in [2.75, 3.05) is 0 Å². The lowest BCUT2D eigenvalue weighted by molar-refractivity contribution is 0.353. The molecular weight excluding hydrogens is 669 g/mol. The molecule has 3 heteroatoms. The second-order valence-electron chi connectivity index (χ2n) is 15.2. The molecule has 0 N–H and O–H groups in total. The Morgan fingerprint density at radius 3 is 1.78 bits per heavy atom. The Labute approximate surface area is 321 Å². The summed E-state index contributed by atoms with van der Waals surface area (Å²) in [4.78, 5) is 10.3. The summed E-state index contributed by atoms with van der Waals surface area (Å²) in [6.45, 7) is 0. The largest absolute Gasteiger partial charge is 0.456 e. The molecule has 0 aliphatic heterocycles. The van der Waals surface area contributed by atoms with Gasteiger partial charge in [0.15, 0.2) is 5.82 Å². The van der Waals surface area contributed by atoms with Crippen LogP contribution in [0.1, 0.15) is 43.2 Å². The van der Waals surface area contributed by atoms with Gasteiger partial charge in [0.25, 0.3) is 0 Å². The van der Waals surface area contributed by atoms with E-state index in [9.17, 15) is 0 Å². The highest BCUT2D eigenvalue weighted by molar-refractivity contribution is 6.07. The molecule has 2 aromatic heterocycles. The summed E-state index contributed by atoms with van der Waals surface area (Å²) in [5, 5.41) is 2.43. The van der Waals surface area contributed by atoms with Crippen molar-refractivity contribution in [1.82, 2.24) is 9.97 Å². The van der Waals surface area contributed by atoms with E-state index in [-0.39, 0.29) is 5.41 Å². The van der Waals surface area contributed by atoms with E-state index in [4.69, 9.17) is 14.4 Å². The SMILES string of the molecule is c1ccc(-c2ccc(-c3nc(-c4ccccc4)cc(-c4cccc(-c5ccc6c(c5)C5(CCCCC5)c5cc7c(cc5-6)oc5ccccc57)c4)n3)cc2)cc1. The number of hydrogen-bond acceptors (Lipinski definition) is 3. The Balaban J connectivity index is 1.01. The third-order valence-corrected chi connectivity index (χ3v) is 12.1. The van der Waals surface area contributed by atoms with Crippen LogP contribution in [0.2, 0.25) is 0 Å². The zero-order valence-corrected chi connectivity index (χ0v) is 30.5. The maximum Gasteiger partial charge on any atom is 0.160 e. The fraction of sp³-hybridized carbons (Fsp3) is 0.115. The van der Waals surface area contributed by atoms with Crippen LogP contribution >= 0.6 is 0 Å². The number of furan rings is 1. The average molecular weight is 707 g/mol. The highest BCUT2D eigenvalue weighted by Gasteiger charge is 2.44. The van der Waals surface area contributed by atoms with Gasteiger partial charge in [-0.3, -0.25) is 0 Å². The standard InChI is InChI=1S/C52H38N2O/c1-4-13-34(14-5-1)35-21-23-37(24-22-35)51-53-47(36-15-6-2-7-16-36)33-48(54-51)40-18-12-17-38(29-40)39-25-26-41-43-32-50-44(42-19-8-9-20-49(42)55-50)31-46(43)52(45(41)30-39)27-10-3-11-28-52/h1-2,4-9,12-26,29-33H,3,10-11,27-28H2. The molecule has 11 rings (SSSR count). The van der Waals surface area contributed by atoms with Gasteiger partial charge >= 0.3 is 0 Å². The fourth-order valence-corrected chi connectivity index (χ4v) is 9.37. The molecule has 0 bridgehead atoms. The van der Waals surface area contributed by atoms with Gasteiger partial charge < -0.3 is 4.42 Å². The molecule has 0 amide bonds. The maximum absolute atomic E-state index is 6.40. The Morgan fingerprint density at radius 2 is 0.982 bits per heavy atom. The molecule has 0 saturated heterocycles. The van der Waals surface area contributed by atoms with Gasteiger partial charge in [0.2, 0.25) is 0 Å². The van der Waals surface area contributed by atoms with Crippen molar-refractivity contribution in [3.8, 4) is 67.3 Å². The smallest absolute Gasteiger partial charge is 0.160 e. The van der Waals surface area contributed by atoms with E-state index >= 15 is 0 Å². The van der Waals surface area contributed by atoms with Crippen molar-refractivity contribution in [3.63, 3.8) is 0 Å². The summed E-state index contributed by atoms with van der Waals surface area (Å²) in [7, 11) is 0.